The fourth-order valence-corrected chi connectivity index (χ4v) is 2.65. The van der Waals surface area contributed by atoms with Crippen molar-refractivity contribution < 1.29 is 14.3 Å². The van der Waals surface area contributed by atoms with Crippen LogP contribution in [0.15, 0.2) is 6.20 Å². The van der Waals surface area contributed by atoms with E-state index in [2.05, 4.69) is 5.10 Å². The number of methoxy groups -OCH3 is 1. The summed E-state index contributed by atoms with van der Waals surface area (Å²) in [5, 5.41) is 4.10. The second-order valence-corrected chi connectivity index (χ2v) is 5.21. The molecule has 1 amide bonds. The minimum Gasteiger partial charge on any atom is -0.468 e. The molecule has 1 aliphatic rings. The molecule has 0 unspecified atom stereocenters. The lowest BCUT2D eigenvalue weighted by molar-refractivity contribution is -0.141. The van der Waals surface area contributed by atoms with Crippen LogP contribution in [0.5, 0.6) is 0 Å². The van der Waals surface area contributed by atoms with Gasteiger partial charge >= 0.3 is 5.97 Å². The number of nitrogens with zero attached hydrogens (tertiary/aromatic N) is 3. The molecular weight excluding hydrogens is 258 g/mol. The minimum atomic E-state index is -0.383. The van der Waals surface area contributed by atoms with E-state index in [4.69, 9.17) is 4.74 Å². The summed E-state index contributed by atoms with van der Waals surface area (Å²) in [7, 11) is 3.14. The lowest BCUT2D eigenvalue weighted by Crippen LogP contribution is -2.42. The largest absolute Gasteiger partial charge is 0.468 e. The van der Waals surface area contributed by atoms with Crippen molar-refractivity contribution in [1.82, 2.24) is 14.7 Å². The number of carbonyl (C=O) groups excluding carboxylic acids is 2. The van der Waals surface area contributed by atoms with Crippen molar-refractivity contribution in [3.63, 3.8) is 0 Å². The quantitative estimate of drug-likeness (QED) is 0.779. The van der Waals surface area contributed by atoms with E-state index in [9.17, 15) is 9.59 Å². The first-order valence-electron chi connectivity index (χ1n) is 6.91. The van der Waals surface area contributed by atoms with Crippen molar-refractivity contribution in [2.24, 2.45) is 7.05 Å². The standard InChI is InChI=1S/C14H21N3O3/c1-10-12(8-15-16(10)2)14(19)17(9-13(18)20-3)11-6-4-5-7-11/h8,11H,4-7,9H2,1-3H3. The maximum absolute atomic E-state index is 12.7. The summed E-state index contributed by atoms with van der Waals surface area (Å²) in [6.07, 6.45) is 5.66. The predicted molar refractivity (Wildman–Crippen MR) is 73.3 cm³/mol. The van der Waals surface area contributed by atoms with Crippen LogP contribution in [0.3, 0.4) is 0 Å². The lowest BCUT2D eigenvalue weighted by atomic mass is 10.1. The van der Waals surface area contributed by atoms with Crippen LogP contribution in [0.25, 0.3) is 0 Å². The van der Waals surface area contributed by atoms with Gasteiger partial charge in [0.05, 0.1) is 18.9 Å². The Balaban J connectivity index is 2.23. The molecule has 20 heavy (non-hydrogen) atoms. The first-order valence-corrected chi connectivity index (χ1v) is 6.91. The van der Waals surface area contributed by atoms with Gasteiger partial charge in [-0.25, -0.2) is 0 Å². The highest BCUT2D eigenvalue weighted by Crippen LogP contribution is 2.25. The molecule has 6 heteroatoms. The molecule has 1 fully saturated rings. The summed E-state index contributed by atoms with van der Waals surface area (Å²) in [6.45, 7) is 1.86. The number of ether oxygens (including phenoxy) is 1. The number of hydrogen-bond acceptors (Lipinski definition) is 4. The predicted octanol–water partition coefficient (Wildman–Crippen LogP) is 1.29. The lowest BCUT2D eigenvalue weighted by Gasteiger charge is -2.27. The molecular formula is C14H21N3O3. The van der Waals surface area contributed by atoms with Crippen molar-refractivity contribution in [3.8, 4) is 0 Å². The highest BCUT2D eigenvalue weighted by molar-refractivity contribution is 5.97. The molecule has 0 saturated heterocycles. The Bertz CT molecular complexity index is 504. The Labute approximate surface area is 118 Å². The number of hydrogen-bond donors (Lipinski definition) is 0. The molecule has 0 aliphatic heterocycles. The molecule has 0 radical (unpaired) electrons. The van der Waals surface area contributed by atoms with Gasteiger partial charge in [0.1, 0.15) is 6.54 Å². The van der Waals surface area contributed by atoms with E-state index in [1.54, 1.807) is 22.8 Å². The minimum absolute atomic E-state index is 0.00827. The maximum Gasteiger partial charge on any atom is 0.325 e. The van der Waals surface area contributed by atoms with Gasteiger partial charge in [-0.3, -0.25) is 14.3 Å². The Morgan fingerprint density at radius 1 is 1.45 bits per heavy atom. The number of aryl methyl sites for hydroxylation is 1. The smallest absolute Gasteiger partial charge is 0.325 e. The van der Waals surface area contributed by atoms with Gasteiger partial charge in [-0.1, -0.05) is 12.8 Å². The Kier molecular flexibility index (Phi) is 4.42. The summed E-state index contributed by atoms with van der Waals surface area (Å²) in [4.78, 5) is 25.9. The molecule has 6 nitrogen and oxygen atoms in total. The topological polar surface area (TPSA) is 64.4 Å². The highest BCUT2D eigenvalue weighted by Gasteiger charge is 2.30. The van der Waals surface area contributed by atoms with Crippen molar-refractivity contribution in [2.75, 3.05) is 13.7 Å². The van der Waals surface area contributed by atoms with E-state index in [1.165, 1.54) is 7.11 Å². The third kappa shape index (κ3) is 2.84. The molecule has 1 aromatic heterocycles. The molecule has 0 spiro atoms. The number of aromatic nitrogens is 2. The van der Waals surface area contributed by atoms with Gasteiger partial charge in [0.2, 0.25) is 0 Å². The maximum atomic E-state index is 12.7. The molecule has 1 heterocycles. The van der Waals surface area contributed by atoms with Gasteiger partial charge in [-0.05, 0) is 19.8 Å². The van der Waals surface area contributed by atoms with Crippen LogP contribution in [-0.4, -0.2) is 46.3 Å². The third-order valence-electron chi connectivity index (χ3n) is 4.02. The van der Waals surface area contributed by atoms with Crippen molar-refractivity contribution in [2.45, 2.75) is 38.6 Å². The zero-order chi connectivity index (χ0) is 14.7. The third-order valence-corrected chi connectivity index (χ3v) is 4.02. The summed E-state index contributed by atoms with van der Waals surface area (Å²) in [5.74, 6) is -0.514. The van der Waals surface area contributed by atoms with Crippen LogP contribution >= 0.6 is 0 Å². The summed E-state index contributed by atoms with van der Waals surface area (Å²) < 4.78 is 6.37. The van der Waals surface area contributed by atoms with Crippen LogP contribution in [0.2, 0.25) is 0 Å². The zero-order valence-corrected chi connectivity index (χ0v) is 12.3. The molecule has 110 valence electrons. The first kappa shape index (κ1) is 14.6. The van der Waals surface area contributed by atoms with Crippen LogP contribution in [0, 0.1) is 6.92 Å². The normalized spacial score (nSPS) is 15.3. The second-order valence-electron chi connectivity index (χ2n) is 5.21. The van der Waals surface area contributed by atoms with E-state index < -0.39 is 0 Å². The van der Waals surface area contributed by atoms with E-state index in [0.717, 1.165) is 31.4 Å². The van der Waals surface area contributed by atoms with E-state index >= 15 is 0 Å². The van der Waals surface area contributed by atoms with Crippen molar-refractivity contribution in [1.29, 1.82) is 0 Å². The Morgan fingerprint density at radius 3 is 2.60 bits per heavy atom. The van der Waals surface area contributed by atoms with Crippen LogP contribution in [0.1, 0.15) is 41.7 Å². The molecule has 0 bridgehead atoms. The van der Waals surface area contributed by atoms with Gasteiger partial charge < -0.3 is 9.64 Å². The van der Waals surface area contributed by atoms with Gasteiger partial charge in [0.15, 0.2) is 0 Å². The Hall–Kier alpha value is -1.85. The number of amides is 1. The van der Waals surface area contributed by atoms with Crippen molar-refractivity contribution >= 4 is 11.9 Å². The van der Waals surface area contributed by atoms with E-state index in [0.29, 0.717) is 5.56 Å². The molecule has 1 aliphatic carbocycles. The number of carbonyl (C=O) groups is 2. The van der Waals surface area contributed by atoms with Gasteiger partial charge in [0.25, 0.3) is 5.91 Å². The molecule has 1 saturated carbocycles. The number of esters is 1. The fourth-order valence-electron chi connectivity index (χ4n) is 2.65. The van der Waals surface area contributed by atoms with Crippen LogP contribution < -0.4 is 0 Å². The number of rotatable bonds is 4. The van der Waals surface area contributed by atoms with E-state index in [1.807, 2.05) is 6.92 Å². The molecule has 0 atom stereocenters. The first-order chi connectivity index (χ1) is 9.54. The van der Waals surface area contributed by atoms with Gasteiger partial charge in [-0.2, -0.15) is 5.10 Å². The fraction of sp³-hybridized carbons (Fsp3) is 0.643. The summed E-state index contributed by atoms with van der Waals surface area (Å²) in [6, 6.07) is 0.126. The molecule has 0 N–H and O–H groups in total. The van der Waals surface area contributed by atoms with E-state index in [-0.39, 0.29) is 24.5 Å². The zero-order valence-electron chi connectivity index (χ0n) is 12.3. The van der Waals surface area contributed by atoms with Gasteiger partial charge in [-0.15, -0.1) is 0 Å². The average Bonchev–Trinajstić information content (AvgIpc) is 3.07. The average molecular weight is 279 g/mol. The summed E-state index contributed by atoms with van der Waals surface area (Å²) >= 11 is 0. The van der Waals surface area contributed by atoms with Crippen molar-refractivity contribution in [3.05, 3.63) is 17.5 Å². The van der Waals surface area contributed by atoms with Crippen LogP contribution in [-0.2, 0) is 16.6 Å². The molecule has 1 aromatic rings. The second kappa shape index (κ2) is 6.07. The summed E-state index contributed by atoms with van der Waals surface area (Å²) in [5.41, 5.74) is 1.37. The molecule has 0 aromatic carbocycles. The highest BCUT2D eigenvalue weighted by atomic mass is 16.5. The van der Waals surface area contributed by atoms with Crippen LogP contribution in [0.4, 0.5) is 0 Å². The monoisotopic (exact) mass is 279 g/mol. The Morgan fingerprint density at radius 2 is 2.10 bits per heavy atom. The molecule has 2 rings (SSSR count). The SMILES string of the molecule is COC(=O)CN(C(=O)c1cnn(C)c1C)C1CCCC1. The van der Waals surface area contributed by atoms with Gasteiger partial charge in [0, 0.05) is 18.8 Å².